The fourth-order valence-electron chi connectivity index (χ4n) is 0. The quantitative estimate of drug-likeness (QED) is 0.284. The molecule has 0 bridgehead atoms. The van der Waals surface area contributed by atoms with Crippen molar-refractivity contribution in [2.24, 2.45) is 0 Å². The summed E-state index contributed by atoms with van der Waals surface area (Å²) in [6, 6.07) is 0. The van der Waals surface area contributed by atoms with Crippen molar-refractivity contribution in [1.82, 2.24) is 0 Å². The maximum atomic E-state index is 8.82. The van der Waals surface area contributed by atoms with Crippen molar-refractivity contribution in [3.05, 3.63) is 0 Å². The summed E-state index contributed by atoms with van der Waals surface area (Å²) >= 11 is -5.19. The number of rotatable bonds is 0. The molecule has 62 valence electrons. The zero-order chi connectivity index (χ0) is 9.21. The molecule has 0 atom stereocenters. The van der Waals surface area contributed by atoms with Gasteiger partial charge in [-0.05, 0) is 0 Å². The second-order valence-corrected chi connectivity index (χ2v) is 2.10. The van der Waals surface area contributed by atoms with Crippen molar-refractivity contribution in [3.63, 3.8) is 0 Å². The van der Waals surface area contributed by atoms with Gasteiger partial charge in [-0.15, -0.1) is 0 Å². The van der Waals surface area contributed by atoms with E-state index in [1.54, 1.807) is 0 Å². The number of hydrogen-bond donors (Lipinski definition) is 2. The van der Waals surface area contributed by atoms with Crippen molar-refractivity contribution in [2.75, 3.05) is 0 Å². The molecule has 0 fully saturated rings. The van der Waals surface area contributed by atoms with Gasteiger partial charge in [-0.25, -0.2) is 0 Å². The summed E-state index contributed by atoms with van der Waals surface area (Å²) in [6.45, 7) is 0. The van der Waals surface area contributed by atoms with Crippen LogP contribution in [0.15, 0.2) is 0 Å². The van der Waals surface area contributed by atoms with Crippen molar-refractivity contribution >= 4 is 62.4 Å². The molecule has 11 heteroatoms. The van der Waals surface area contributed by atoms with E-state index >= 15 is 0 Å². The Labute approximate surface area is 102 Å². The summed E-state index contributed by atoms with van der Waals surface area (Å²) < 4.78 is 57.1. The van der Waals surface area contributed by atoms with Crippen LogP contribution in [-0.4, -0.2) is 70.7 Å². The molecule has 0 aromatic carbocycles. The van der Waals surface area contributed by atoms with Crippen molar-refractivity contribution in [3.8, 4) is 0 Å². The Kier molecular flexibility index (Phi) is 36.5. The van der Waals surface area contributed by atoms with Crippen LogP contribution in [-0.2, 0) is 32.8 Å². The van der Waals surface area contributed by atoms with Crippen LogP contribution in [0.4, 0.5) is 0 Å². The topological polar surface area (TPSA) is 126 Å². The van der Waals surface area contributed by atoms with Gasteiger partial charge in [0.05, 0.1) is 0 Å². The van der Waals surface area contributed by atoms with Gasteiger partial charge in [-0.3, -0.25) is 8.92 Å². The first-order chi connectivity index (χ1) is 4.41. The van der Waals surface area contributed by atoms with Crippen molar-refractivity contribution in [1.29, 1.82) is 0 Å². The molecule has 6 radical (unpaired) electrons. The zero-order valence-corrected chi connectivity index (χ0v) is 14.9. The predicted octanol–water partition coefficient (Wildman–Crippen LogP) is -2.85. The van der Waals surface area contributed by atoms with Gasteiger partial charge in [0.1, 0.15) is 0 Å². The fourth-order valence-corrected chi connectivity index (χ4v) is 0. The Morgan fingerprint density at radius 1 is 1.09 bits per heavy atom. The Bertz CT molecular complexity index is 169. The van der Waals surface area contributed by atoms with Crippen LogP contribution in [0, 0.1) is 0 Å². The molecule has 11 heavy (non-hydrogen) atoms. The molecule has 0 aliphatic carbocycles. The third-order valence-corrected chi connectivity index (χ3v) is 0. The van der Waals surface area contributed by atoms with E-state index in [0.717, 1.165) is 0 Å². The minimum atomic E-state index is -5.25. The van der Waals surface area contributed by atoms with Gasteiger partial charge in [-0.2, -0.15) is 0 Å². The van der Waals surface area contributed by atoms with Crippen LogP contribution in [0.1, 0.15) is 0 Å². The van der Waals surface area contributed by atoms with E-state index in [4.69, 9.17) is 27.5 Å². The first kappa shape index (κ1) is 22.9. The van der Waals surface area contributed by atoms with Gasteiger partial charge in [-0.1, -0.05) is 0 Å². The summed E-state index contributed by atoms with van der Waals surface area (Å²) in [4.78, 5) is 0. The number of hydrogen-bond acceptors (Lipinski definition) is 5. The molecule has 0 aliphatic rings. The molecule has 7 nitrogen and oxygen atoms in total. The van der Waals surface area contributed by atoms with E-state index in [2.05, 4.69) is 0 Å². The Morgan fingerprint density at radius 2 is 1.09 bits per heavy atom. The van der Waals surface area contributed by atoms with E-state index in [9.17, 15) is 0 Å². The summed E-state index contributed by atoms with van der Waals surface area (Å²) in [6.07, 6.45) is 0. The van der Waals surface area contributed by atoms with E-state index in [1.807, 2.05) is 0 Å². The normalized spacial score (nSPS) is 6.36. The fraction of sp³-hybridized carbons (Fsp3) is 0. The summed E-state index contributed by atoms with van der Waals surface area (Å²) in [5, 5.41) is 0. The molecule has 0 heterocycles. The third kappa shape index (κ3) is 455. The van der Waals surface area contributed by atoms with Gasteiger partial charge in [0.15, 0.2) is 0 Å². The SMILES string of the molecule is O=[Si]=O.[O]=[Cr](=[O])([OH])[OH].[O]=[Pb].[Pb]. The maximum absolute atomic E-state index is 8.82. The second-order valence-electron chi connectivity index (χ2n) is 0.531. The van der Waals surface area contributed by atoms with Gasteiger partial charge in [0, 0.05) is 27.3 Å². The van der Waals surface area contributed by atoms with Crippen LogP contribution in [0.5, 0.6) is 0 Å². The summed E-state index contributed by atoms with van der Waals surface area (Å²) in [5.74, 6) is 0. The molecule has 0 amide bonds. The zero-order valence-electron chi connectivity index (χ0n) is 4.84. The molecule has 0 aromatic heterocycles. The molecule has 0 rings (SSSR count). The van der Waals surface area contributed by atoms with Crippen LogP contribution in [0.2, 0.25) is 0 Å². The average Bonchev–Trinajstić information content (AvgIpc) is 1.68. The molecule has 0 saturated carbocycles. The molecule has 2 N–H and O–H groups in total. The van der Waals surface area contributed by atoms with Gasteiger partial charge in [0.25, 0.3) is 0 Å². The Hall–Kier alpha value is 1.51. The molecule has 0 spiro atoms. The van der Waals surface area contributed by atoms with Crippen molar-refractivity contribution < 1.29 is 41.1 Å². The van der Waals surface area contributed by atoms with Crippen LogP contribution >= 0.6 is 0 Å². The van der Waals surface area contributed by atoms with Gasteiger partial charge < -0.3 is 0 Å². The molecular weight excluding hydrogens is 606 g/mol. The molecule has 0 unspecified atom stereocenters. The maximum Gasteiger partial charge on any atom is 0 e. The first-order valence-electron chi connectivity index (χ1n) is 1.31. The van der Waals surface area contributed by atoms with E-state index in [-0.39, 0.29) is 53.1 Å². The Morgan fingerprint density at radius 3 is 1.09 bits per heavy atom. The smallest absolute Gasteiger partial charge is 0 e. The van der Waals surface area contributed by atoms with Gasteiger partial charge >= 0.3 is 67.3 Å². The predicted molar refractivity (Wildman–Crippen MR) is 25.1 cm³/mol. The van der Waals surface area contributed by atoms with E-state index in [1.165, 1.54) is 0 Å². The van der Waals surface area contributed by atoms with E-state index in [0.29, 0.717) is 0 Å². The first-order valence-corrected chi connectivity index (χ1v) is 5.90. The summed E-state index contributed by atoms with van der Waals surface area (Å²) in [7, 11) is -1.42. The average molecular weight is 608 g/mol. The summed E-state index contributed by atoms with van der Waals surface area (Å²) in [5.41, 5.74) is 0. The largest absolute Gasteiger partial charge is 0 e. The molecule has 0 aromatic rings. The molecule has 0 saturated heterocycles. The van der Waals surface area contributed by atoms with Crippen molar-refractivity contribution in [2.45, 2.75) is 0 Å². The molecule has 0 aliphatic heterocycles. The minimum Gasteiger partial charge on any atom is 0 e. The van der Waals surface area contributed by atoms with E-state index < -0.39 is 22.9 Å². The van der Waals surface area contributed by atoms with Crippen LogP contribution in [0.3, 0.4) is 0 Å². The second kappa shape index (κ2) is 17.6. The van der Waals surface area contributed by atoms with Crippen LogP contribution in [0.25, 0.3) is 0 Å². The third-order valence-electron chi connectivity index (χ3n) is 0. The van der Waals surface area contributed by atoms with Crippen LogP contribution < -0.4 is 0 Å². The Balaban J connectivity index is -0.0000000360. The standard InChI is InChI=1S/Cr.O2Si.2H2O.3O.2Pb/c;1-3-2;;;;;;;/h;;2*1H2;;;;;/q+2;;;;;;;;/p-2. The van der Waals surface area contributed by atoms with Gasteiger partial charge in [0.2, 0.25) is 0 Å². The minimum absolute atomic E-state index is 0. The monoisotopic (exact) mass is 610 g/mol. The molecular formula is H2CrO7Pb2Si.